The highest BCUT2D eigenvalue weighted by molar-refractivity contribution is 7.18. The lowest BCUT2D eigenvalue weighted by Crippen LogP contribution is -2.34. The molecular weight excluding hydrogens is 280 g/mol. The Hall–Kier alpha value is -1.29. The molecule has 1 aliphatic rings. The molecule has 1 fully saturated rings. The van der Waals surface area contributed by atoms with Gasteiger partial charge in [-0.1, -0.05) is 20.8 Å². The summed E-state index contributed by atoms with van der Waals surface area (Å²) in [6, 6.07) is 3.99. The van der Waals surface area contributed by atoms with Crippen LogP contribution in [-0.4, -0.2) is 11.1 Å². The predicted octanol–water partition coefficient (Wildman–Crippen LogP) is 4.78. The van der Waals surface area contributed by atoms with Crippen LogP contribution in [0.4, 0.5) is 5.69 Å². The van der Waals surface area contributed by atoms with Gasteiger partial charge in [-0.2, -0.15) is 0 Å². The van der Waals surface area contributed by atoms with Gasteiger partial charge in [0.05, 0.1) is 27.0 Å². The Labute approximate surface area is 130 Å². The molecule has 1 saturated carbocycles. The number of aryl methyl sites for hydroxylation is 1. The number of fused-ring (bicyclic) bond motifs is 1. The second-order valence-electron chi connectivity index (χ2n) is 7.24. The SMILES string of the molecule is Cc1nc2cc(OC3CC(C)CC(C)(C)C3)c(N)cc2s1. The number of hydrogen-bond donors (Lipinski definition) is 1. The maximum absolute atomic E-state index is 6.25. The molecule has 1 aromatic heterocycles. The van der Waals surface area contributed by atoms with Crippen LogP contribution in [-0.2, 0) is 0 Å². The van der Waals surface area contributed by atoms with E-state index in [1.807, 2.05) is 19.1 Å². The van der Waals surface area contributed by atoms with E-state index in [0.29, 0.717) is 11.3 Å². The molecule has 114 valence electrons. The van der Waals surface area contributed by atoms with Crippen molar-refractivity contribution in [1.82, 2.24) is 4.98 Å². The van der Waals surface area contributed by atoms with Crippen molar-refractivity contribution in [3.05, 3.63) is 17.1 Å². The molecule has 0 spiro atoms. The van der Waals surface area contributed by atoms with Gasteiger partial charge in [-0.05, 0) is 43.6 Å². The number of aromatic nitrogens is 1. The average Bonchev–Trinajstić information content (AvgIpc) is 2.66. The number of ether oxygens (including phenoxy) is 1. The van der Waals surface area contributed by atoms with Crippen molar-refractivity contribution < 1.29 is 4.74 Å². The van der Waals surface area contributed by atoms with E-state index in [9.17, 15) is 0 Å². The Morgan fingerprint density at radius 1 is 1.33 bits per heavy atom. The third kappa shape index (κ3) is 3.15. The third-order valence-electron chi connectivity index (χ3n) is 4.27. The topological polar surface area (TPSA) is 48.1 Å². The van der Waals surface area contributed by atoms with E-state index in [4.69, 9.17) is 10.5 Å². The number of nitrogens with two attached hydrogens (primary N) is 1. The summed E-state index contributed by atoms with van der Waals surface area (Å²) >= 11 is 1.67. The fourth-order valence-corrected chi connectivity index (χ4v) is 4.57. The molecule has 2 unspecified atom stereocenters. The molecule has 3 rings (SSSR count). The van der Waals surface area contributed by atoms with Crippen molar-refractivity contribution in [3.63, 3.8) is 0 Å². The van der Waals surface area contributed by atoms with Gasteiger partial charge in [-0.15, -0.1) is 11.3 Å². The summed E-state index contributed by atoms with van der Waals surface area (Å²) in [5, 5.41) is 1.06. The molecule has 2 aromatic rings. The lowest BCUT2D eigenvalue weighted by molar-refractivity contribution is 0.0568. The van der Waals surface area contributed by atoms with Gasteiger partial charge in [0.2, 0.25) is 0 Å². The van der Waals surface area contributed by atoms with Crippen LogP contribution in [0.2, 0.25) is 0 Å². The Morgan fingerprint density at radius 3 is 2.81 bits per heavy atom. The molecule has 0 aliphatic heterocycles. The van der Waals surface area contributed by atoms with Crippen molar-refractivity contribution in [3.8, 4) is 5.75 Å². The van der Waals surface area contributed by atoms with Gasteiger partial charge in [0.15, 0.2) is 0 Å². The van der Waals surface area contributed by atoms with Crippen molar-refractivity contribution >= 4 is 27.2 Å². The van der Waals surface area contributed by atoms with Crippen LogP contribution in [0.25, 0.3) is 10.2 Å². The zero-order valence-corrected chi connectivity index (χ0v) is 14.1. The van der Waals surface area contributed by atoms with Crippen LogP contribution >= 0.6 is 11.3 Å². The molecule has 0 amide bonds. The van der Waals surface area contributed by atoms with E-state index in [2.05, 4.69) is 25.8 Å². The van der Waals surface area contributed by atoms with Crippen LogP contribution < -0.4 is 10.5 Å². The van der Waals surface area contributed by atoms with Crippen LogP contribution in [0.5, 0.6) is 5.75 Å². The molecule has 4 heteroatoms. The zero-order valence-electron chi connectivity index (χ0n) is 13.3. The molecular formula is C17H24N2OS. The average molecular weight is 304 g/mol. The van der Waals surface area contributed by atoms with Crippen LogP contribution in [0.15, 0.2) is 12.1 Å². The number of nitrogens with zero attached hydrogens (tertiary/aromatic N) is 1. The van der Waals surface area contributed by atoms with Gasteiger partial charge in [0, 0.05) is 6.07 Å². The summed E-state index contributed by atoms with van der Waals surface area (Å²) in [5.74, 6) is 1.49. The first kappa shape index (κ1) is 14.6. The molecule has 0 bridgehead atoms. The van der Waals surface area contributed by atoms with Gasteiger partial charge < -0.3 is 10.5 Å². The first-order valence-electron chi connectivity index (χ1n) is 7.66. The minimum absolute atomic E-state index is 0.253. The highest BCUT2D eigenvalue weighted by Gasteiger charge is 2.33. The highest BCUT2D eigenvalue weighted by atomic mass is 32.1. The van der Waals surface area contributed by atoms with Crippen molar-refractivity contribution in [1.29, 1.82) is 0 Å². The molecule has 3 nitrogen and oxygen atoms in total. The molecule has 2 atom stereocenters. The smallest absolute Gasteiger partial charge is 0.144 e. The molecule has 0 saturated heterocycles. The van der Waals surface area contributed by atoms with Crippen molar-refractivity contribution in [2.24, 2.45) is 11.3 Å². The minimum Gasteiger partial charge on any atom is -0.488 e. The second-order valence-corrected chi connectivity index (χ2v) is 8.48. The highest BCUT2D eigenvalue weighted by Crippen LogP contribution is 2.41. The molecule has 2 N–H and O–H groups in total. The van der Waals surface area contributed by atoms with Crippen LogP contribution in [0.3, 0.4) is 0 Å². The number of rotatable bonds is 2. The first-order chi connectivity index (χ1) is 9.82. The van der Waals surface area contributed by atoms with Gasteiger partial charge in [-0.3, -0.25) is 0 Å². The summed E-state index contributed by atoms with van der Waals surface area (Å²) in [4.78, 5) is 4.53. The largest absolute Gasteiger partial charge is 0.488 e. The maximum Gasteiger partial charge on any atom is 0.144 e. The van der Waals surface area contributed by atoms with E-state index in [1.54, 1.807) is 11.3 Å². The fraction of sp³-hybridized carbons (Fsp3) is 0.588. The van der Waals surface area contributed by atoms with Gasteiger partial charge >= 0.3 is 0 Å². The number of nitrogen functional groups attached to an aromatic ring is 1. The second kappa shape index (κ2) is 5.16. The Kier molecular flexibility index (Phi) is 3.60. The summed E-state index contributed by atoms with van der Waals surface area (Å²) in [6.07, 6.45) is 3.72. The first-order valence-corrected chi connectivity index (χ1v) is 8.47. The predicted molar refractivity (Wildman–Crippen MR) is 90.0 cm³/mol. The fourth-order valence-electron chi connectivity index (χ4n) is 3.72. The maximum atomic E-state index is 6.25. The van der Waals surface area contributed by atoms with Crippen molar-refractivity contribution in [2.45, 2.75) is 53.1 Å². The summed E-state index contributed by atoms with van der Waals surface area (Å²) < 4.78 is 7.38. The number of hydrogen-bond acceptors (Lipinski definition) is 4. The van der Waals surface area contributed by atoms with Crippen LogP contribution in [0.1, 0.15) is 45.0 Å². The quantitative estimate of drug-likeness (QED) is 0.812. The summed E-state index contributed by atoms with van der Waals surface area (Å²) in [7, 11) is 0. The lowest BCUT2D eigenvalue weighted by Gasteiger charge is -2.39. The Balaban J connectivity index is 1.85. The minimum atomic E-state index is 0.253. The summed E-state index contributed by atoms with van der Waals surface area (Å²) in [6.45, 7) is 8.99. The van der Waals surface area contributed by atoms with Gasteiger partial charge in [-0.25, -0.2) is 4.98 Å². The Morgan fingerprint density at radius 2 is 2.10 bits per heavy atom. The van der Waals surface area contributed by atoms with E-state index >= 15 is 0 Å². The van der Waals surface area contributed by atoms with E-state index in [-0.39, 0.29) is 6.10 Å². The van der Waals surface area contributed by atoms with Gasteiger partial charge in [0.1, 0.15) is 5.75 Å². The Bertz CT molecular complexity index is 662. The zero-order chi connectivity index (χ0) is 15.2. The van der Waals surface area contributed by atoms with E-state index in [1.165, 1.54) is 6.42 Å². The molecule has 1 aliphatic carbocycles. The normalized spacial score (nSPS) is 25.1. The van der Waals surface area contributed by atoms with E-state index in [0.717, 1.165) is 39.5 Å². The number of anilines is 1. The van der Waals surface area contributed by atoms with E-state index < -0.39 is 0 Å². The van der Waals surface area contributed by atoms with Crippen molar-refractivity contribution in [2.75, 3.05) is 5.73 Å². The van der Waals surface area contributed by atoms with Gasteiger partial charge in [0.25, 0.3) is 0 Å². The number of benzene rings is 1. The molecule has 1 heterocycles. The summed E-state index contributed by atoms with van der Waals surface area (Å²) in [5.41, 5.74) is 8.23. The lowest BCUT2D eigenvalue weighted by atomic mass is 9.71. The molecule has 1 aromatic carbocycles. The molecule has 21 heavy (non-hydrogen) atoms. The van der Waals surface area contributed by atoms with Crippen LogP contribution in [0, 0.1) is 18.3 Å². The standard InChI is InChI=1S/C17H24N2OS/c1-10-5-12(9-17(3,4)8-10)20-15-7-14-16(6-13(15)18)21-11(2)19-14/h6-7,10,12H,5,8-9,18H2,1-4H3. The monoisotopic (exact) mass is 304 g/mol. The number of thiazole rings is 1. The third-order valence-corrected chi connectivity index (χ3v) is 5.20. The molecule has 0 radical (unpaired) electrons.